The minimum absolute atomic E-state index is 0.0560. The van der Waals surface area contributed by atoms with Gasteiger partial charge in [-0.1, -0.05) is 36.0 Å². The summed E-state index contributed by atoms with van der Waals surface area (Å²) in [6, 6.07) is 13.3. The molecule has 2 unspecified atom stereocenters. The molecule has 0 radical (unpaired) electrons. The summed E-state index contributed by atoms with van der Waals surface area (Å²) in [4.78, 5) is 25.9. The van der Waals surface area contributed by atoms with E-state index in [0.717, 1.165) is 27.7 Å². The fourth-order valence-corrected chi connectivity index (χ4v) is 4.56. The Morgan fingerprint density at radius 1 is 1.19 bits per heavy atom. The SMILES string of the molecule is COc1cccc2c(C)nc(NC3NC(=O)CC(CSc4nc5ccccc5o4)N3)nc12. The molecule has 5 rings (SSSR count). The van der Waals surface area contributed by atoms with Gasteiger partial charge in [-0.25, -0.2) is 15.0 Å². The largest absolute Gasteiger partial charge is 0.494 e. The molecule has 32 heavy (non-hydrogen) atoms. The first-order valence-electron chi connectivity index (χ1n) is 10.2. The van der Waals surface area contributed by atoms with E-state index in [4.69, 9.17) is 9.15 Å². The molecule has 9 nitrogen and oxygen atoms in total. The first-order valence-corrected chi connectivity index (χ1v) is 11.2. The summed E-state index contributed by atoms with van der Waals surface area (Å²) in [6.07, 6.45) is -0.145. The van der Waals surface area contributed by atoms with Crippen LogP contribution < -0.4 is 20.7 Å². The third-order valence-electron chi connectivity index (χ3n) is 5.20. The van der Waals surface area contributed by atoms with Crippen molar-refractivity contribution in [1.82, 2.24) is 25.6 Å². The molecule has 0 saturated carbocycles. The number of hydrogen-bond acceptors (Lipinski definition) is 9. The molecule has 1 aliphatic heterocycles. The number of methoxy groups -OCH3 is 1. The van der Waals surface area contributed by atoms with Crippen molar-refractivity contribution in [1.29, 1.82) is 0 Å². The molecule has 1 aliphatic rings. The van der Waals surface area contributed by atoms with Crippen LogP contribution in [0.5, 0.6) is 5.75 Å². The quantitative estimate of drug-likeness (QED) is 0.381. The van der Waals surface area contributed by atoms with E-state index in [1.807, 2.05) is 49.4 Å². The van der Waals surface area contributed by atoms with Crippen molar-refractivity contribution in [3.63, 3.8) is 0 Å². The van der Waals surface area contributed by atoms with Gasteiger partial charge in [0, 0.05) is 23.6 Å². The van der Waals surface area contributed by atoms with E-state index in [0.29, 0.717) is 29.1 Å². The molecule has 4 aromatic rings. The number of oxazole rings is 1. The number of nitrogens with zero attached hydrogens (tertiary/aromatic N) is 3. The maximum absolute atomic E-state index is 12.3. The van der Waals surface area contributed by atoms with Gasteiger partial charge in [0.1, 0.15) is 16.8 Å². The fourth-order valence-electron chi connectivity index (χ4n) is 3.69. The Morgan fingerprint density at radius 3 is 2.91 bits per heavy atom. The molecule has 2 atom stereocenters. The molecule has 0 spiro atoms. The molecule has 0 bridgehead atoms. The summed E-state index contributed by atoms with van der Waals surface area (Å²) in [5.74, 6) is 1.65. The van der Waals surface area contributed by atoms with Crippen molar-refractivity contribution >= 4 is 45.6 Å². The minimum Gasteiger partial charge on any atom is -0.494 e. The molecule has 2 aromatic carbocycles. The van der Waals surface area contributed by atoms with Crippen LogP contribution in [0.1, 0.15) is 12.1 Å². The molecule has 1 amide bonds. The van der Waals surface area contributed by atoms with Crippen molar-refractivity contribution in [2.24, 2.45) is 0 Å². The number of aryl methyl sites for hydroxylation is 1. The lowest BCUT2D eigenvalue weighted by Gasteiger charge is -2.31. The highest BCUT2D eigenvalue weighted by Crippen LogP contribution is 2.27. The summed E-state index contributed by atoms with van der Waals surface area (Å²) in [5.41, 5.74) is 3.11. The molecule has 0 aliphatic carbocycles. The van der Waals surface area contributed by atoms with Crippen LogP contribution in [0.15, 0.2) is 52.1 Å². The smallest absolute Gasteiger partial charge is 0.256 e. The lowest BCUT2D eigenvalue weighted by atomic mass is 10.2. The van der Waals surface area contributed by atoms with Crippen molar-refractivity contribution in [3.05, 3.63) is 48.2 Å². The van der Waals surface area contributed by atoms with Crippen LogP contribution in [0.25, 0.3) is 22.0 Å². The number of nitrogens with one attached hydrogen (secondary N) is 3. The van der Waals surface area contributed by atoms with Crippen LogP contribution in [0, 0.1) is 6.92 Å². The number of benzene rings is 2. The molecule has 164 valence electrons. The van der Waals surface area contributed by atoms with Crippen molar-refractivity contribution < 1.29 is 13.9 Å². The van der Waals surface area contributed by atoms with Gasteiger partial charge >= 0.3 is 0 Å². The van der Waals surface area contributed by atoms with Gasteiger partial charge in [0.15, 0.2) is 11.9 Å². The minimum atomic E-state index is -0.503. The van der Waals surface area contributed by atoms with Crippen LogP contribution >= 0.6 is 11.8 Å². The average molecular weight is 451 g/mol. The number of ether oxygens (including phenoxy) is 1. The topological polar surface area (TPSA) is 114 Å². The Balaban J connectivity index is 1.28. The van der Waals surface area contributed by atoms with E-state index in [1.54, 1.807) is 7.11 Å². The predicted octanol–water partition coefficient (Wildman–Crippen LogP) is 3.05. The highest BCUT2D eigenvalue weighted by atomic mass is 32.2. The van der Waals surface area contributed by atoms with E-state index in [2.05, 4.69) is 30.9 Å². The lowest BCUT2D eigenvalue weighted by molar-refractivity contribution is -0.123. The Bertz CT molecular complexity index is 1260. The second-order valence-corrected chi connectivity index (χ2v) is 8.43. The third kappa shape index (κ3) is 4.19. The Labute approximate surface area is 188 Å². The molecule has 1 fully saturated rings. The number of rotatable bonds is 6. The highest BCUT2D eigenvalue weighted by molar-refractivity contribution is 7.99. The second-order valence-electron chi connectivity index (χ2n) is 7.46. The van der Waals surface area contributed by atoms with Crippen LogP contribution in [-0.4, -0.2) is 46.1 Å². The van der Waals surface area contributed by atoms with Gasteiger partial charge in [0.25, 0.3) is 5.22 Å². The van der Waals surface area contributed by atoms with Crippen molar-refractivity contribution in [2.75, 3.05) is 18.2 Å². The number of hydrogen-bond donors (Lipinski definition) is 3. The summed E-state index contributed by atoms with van der Waals surface area (Å²) >= 11 is 1.48. The first kappa shape index (κ1) is 20.5. The highest BCUT2D eigenvalue weighted by Gasteiger charge is 2.27. The zero-order chi connectivity index (χ0) is 22.1. The van der Waals surface area contributed by atoms with Gasteiger partial charge in [0.05, 0.1) is 12.8 Å². The number of aromatic nitrogens is 3. The molecule has 2 aromatic heterocycles. The van der Waals surface area contributed by atoms with E-state index in [9.17, 15) is 4.79 Å². The van der Waals surface area contributed by atoms with Crippen LogP contribution in [0.3, 0.4) is 0 Å². The van der Waals surface area contributed by atoms with Crippen LogP contribution in [0.2, 0.25) is 0 Å². The predicted molar refractivity (Wildman–Crippen MR) is 123 cm³/mol. The summed E-state index contributed by atoms with van der Waals surface area (Å²) in [5, 5.41) is 11.0. The van der Waals surface area contributed by atoms with Gasteiger partial charge in [-0.05, 0) is 25.1 Å². The number of para-hydroxylation sites is 3. The molecule has 3 N–H and O–H groups in total. The van der Waals surface area contributed by atoms with Crippen LogP contribution in [-0.2, 0) is 4.79 Å². The monoisotopic (exact) mass is 450 g/mol. The summed E-state index contributed by atoms with van der Waals surface area (Å²) in [6.45, 7) is 1.92. The normalized spacial score (nSPS) is 18.6. The number of amides is 1. The van der Waals surface area contributed by atoms with Gasteiger partial charge in [-0.2, -0.15) is 0 Å². The number of thioether (sulfide) groups is 1. The summed E-state index contributed by atoms with van der Waals surface area (Å²) < 4.78 is 11.2. The fraction of sp³-hybridized carbons (Fsp3) is 0.273. The number of anilines is 1. The van der Waals surface area contributed by atoms with E-state index in [1.165, 1.54) is 11.8 Å². The van der Waals surface area contributed by atoms with Gasteiger partial charge < -0.3 is 19.8 Å². The third-order valence-corrected chi connectivity index (χ3v) is 6.19. The second kappa shape index (κ2) is 8.64. The molecule has 1 saturated heterocycles. The standard InChI is InChI=1S/C22H22N6O3S/c1-12-14-6-5-9-17(30-2)19(14)27-20(23-12)28-21-24-13(10-18(29)26-21)11-32-22-25-15-7-3-4-8-16(15)31-22/h3-9,13,21,24H,10-11H2,1-2H3,(H,26,29)(H,23,27,28). The van der Waals surface area contributed by atoms with Gasteiger partial charge in [-0.15, -0.1) is 0 Å². The lowest BCUT2D eigenvalue weighted by Crippen LogP contribution is -2.60. The van der Waals surface area contributed by atoms with E-state index in [-0.39, 0.29) is 11.9 Å². The van der Waals surface area contributed by atoms with E-state index >= 15 is 0 Å². The molecule has 3 heterocycles. The molecule has 10 heteroatoms. The first-order chi connectivity index (χ1) is 15.6. The zero-order valence-corrected chi connectivity index (χ0v) is 18.4. The van der Waals surface area contributed by atoms with Crippen molar-refractivity contribution in [2.45, 2.75) is 30.9 Å². The van der Waals surface area contributed by atoms with Gasteiger partial charge in [0.2, 0.25) is 11.9 Å². The molecular formula is C22H22N6O3S. The maximum atomic E-state index is 12.3. The maximum Gasteiger partial charge on any atom is 0.256 e. The van der Waals surface area contributed by atoms with Gasteiger partial charge in [-0.3, -0.25) is 10.1 Å². The number of carbonyl (C=O) groups is 1. The van der Waals surface area contributed by atoms with Crippen LogP contribution in [0.4, 0.5) is 5.95 Å². The zero-order valence-electron chi connectivity index (χ0n) is 17.6. The van der Waals surface area contributed by atoms with E-state index < -0.39 is 6.29 Å². The molecular weight excluding hydrogens is 428 g/mol. The Kier molecular flexibility index (Phi) is 5.54. The number of fused-ring (bicyclic) bond motifs is 2. The average Bonchev–Trinajstić information content (AvgIpc) is 3.20. The van der Waals surface area contributed by atoms with Crippen molar-refractivity contribution in [3.8, 4) is 5.75 Å². The Morgan fingerprint density at radius 2 is 2.06 bits per heavy atom. The number of carbonyl (C=O) groups excluding carboxylic acids is 1. The Hall–Kier alpha value is -3.37. The summed E-state index contributed by atoms with van der Waals surface area (Å²) in [7, 11) is 1.61.